The molecule has 1 unspecified atom stereocenters. The lowest BCUT2D eigenvalue weighted by atomic mass is 10.2. The van der Waals surface area contributed by atoms with E-state index in [1.807, 2.05) is 13.0 Å². The van der Waals surface area contributed by atoms with Gasteiger partial charge in [-0.2, -0.15) is 11.8 Å². The van der Waals surface area contributed by atoms with Crippen LogP contribution in [0.4, 0.5) is 0 Å². The number of carboxylic acids is 1. The summed E-state index contributed by atoms with van der Waals surface area (Å²) in [5.74, 6) is 0.191. The number of carboxylic acid groups (broad SMARTS) is 1. The second-order valence-corrected chi connectivity index (χ2v) is 5.22. The van der Waals surface area contributed by atoms with Gasteiger partial charge in [-0.3, -0.25) is 4.79 Å². The lowest BCUT2D eigenvalue weighted by Gasteiger charge is -2.12. The Bertz CT molecular complexity index is 350. The van der Waals surface area contributed by atoms with Crippen molar-refractivity contribution in [3.63, 3.8) is 0 Å². The summed E-state index contributed by atoms with van der Waals surface area (Å²) < 4.78 is 0. The first-order chi connectivity index (χ1) is 7.61. The topological polar surface area (TPSA) is 37.3 Å². The third-order valence-corrected chi connectivity index (χ3v) is 3.90. The highest BCUT2D eigenvalue weighted by Gasteiger charge is 2.11. The number of thioether (sulfide) groups is 1. The van der Waals surface area contributed by atoms with Gasteiger partial charge in [0.2, 0.25) is 0 Å². The number of hydrogen-bond acceptors (Lipinski definition) is 2. The highest BCUT2D eigenvalue weighted by atomic mass is 32.2. The molecule has 0 heterocycles. The van der Waals surface area contributed by atoms with Gasteiger partial charge in [-0.15, -0.1) is 0 Å². The minimum atomic E-state index is -0.705. The second kappa shape index (κ2) is 6.59. The lowest BCUT2D eigenvalue weighted by Crippen LogP contribution is -2.08. The van der Waals surface area contributed by atoms with Crippen LogP contribution in [0.2, 0.25) is 0 Å². The summed E-state index contributed by atoms with van der Waals surface area (Å²) in [6.07, 6.45) is 1.16. The van der Waals surface area contributed by atoms with E-state index in [4.69, 9.17) is 5.11 Å². The van der Waals surface area contributed by atoms with Crippen LogP contribution in [0.5, 0.6) is 0 Å². The molecule has 2 nitrogen and oxygen atoms in total. The van der Waals surface area contributed by atoms with Crippen LogP contribution in [-0.2, 0) is 10.5 Å². The van der Waals surface area contributed by atoms with Gasteiger partial charge in [-0.1, -0.05) is 36.8 Å². The summed E-state index contributed by atoms with van der Waals surface area (Å²) in [5.41, 5.74) is 2.53. The molecule has 0 bridgehead atoms. The molecule has 0 aliphatic carbocycles. The van der Waals surface area contributed by atoms with Crippen LogP contribution in [0.15, 0.2) is 24.3 Å². The van der Waals surface area contributed by atoms with Crippen LogP contribution >= 0.6 is 11.8 Å². The van der Waals surface area contributed by atoms with Crippen molar-refractivity contribution in [3.05, 3.63) is 35.4 Å². The molecule has 1 aromatic carbocycles. The molecule has 0 saturated heterocycles. The molecule has 88 valence electrons. The Kier molecular flexibility index (Phi) is 5.39. The van der Waals surface area contributed by atoms with Crippen molar-refractivity contribution in [3.8, 4) is 0 Å². The predicted molar refractivity (Wildman–Crippen MR) is 68.8 cm³/mol. The number of carbonyl (C=O) groups is 1. The number of benzene rings is 1. The van der Waals surface area contributed by atoms with E-state index in [0.29, 0.717) is 0 Å². The van der Waals surface area contributed by atoms with Crippen molar-refractivity contribution in [2.45, 2.75) is 37.7 Å². The molecule has 0 spiro atoms. The normalized spacial score (nSPS) is 12.4. The van der Waals surface area contributed by atoms with E-state index in [0.717, 1.165) is 12.2 Å². The molecule has 0 aromatic heterocycles. The van der Waals surface area contributed by atoms with Crippen LogP contribution in [0.1, 0.15) is 30.9 Å². The predicted octanol–water partition coefficient (Wildman–Crippen LogP) is 3.48. The summed E-state index contributed by atoms with van der Waals surface area (Å²) in [6, 6.07) is 8.36. The summed E-state index contributed by atoms with van der Waals surface area (Å²) in [6.45, 7) is 4.11. The Morgan fingerprint density at radius 3 is 2.81 bits per heavy atom. The van der Waals surface area contributed by atoms with E-state index < -0.39 is 5.97 Å². The highest BCUT2D eigenvalue weighted by molar-refractivity contribution is 7.99. The molecule has 0 aliphatic heterocycles. The van der Waals surface area contributed by atoms with Crippen molar-refractivity contribution in [1.29, 1.82) is 0 Å². The Morgan fingerprint density at radius 1 is 1.50 bits per heavy atom. The third-order valence-electron chi connectivity index (χ3n) is 2.43. The van der Waals surface area contributed by atoms with Crippen LogP contribution in [0, 0.1) is 6.92 Å². The number of rotatable bonds is 6. The van der Waals surface area contributed by atoms with Gasteiger partial charge in [0.25, 0.3) is 0 Å². The fraction of sp³-hybridized carbons (Fsp3) is 0.462. The zero-order valence-corrected chi connectivity index (χ0v) is 10.6. The maximum absolute atomic E-state index is 10.6. The minimum absolute atomic E-state index is 0.220. The van der Waals surface area contributed by atoms with Crippen molar-refractivity contribution in [1.82, 2.24) is 0 Å². The molecular formula is C13H18O2S. The van der Waals surface area contributed by atoms with E-state index >= 15 is 0 Å². The molecule has 0 aliphatic rings. The highest BCUT2D eigenvalue weighted by Crippen LogP contribution is 2.23. The van der Waals surface area contributed by atoms with Gasteiger partial charge < -0.3 is 5.11 Å². The zero-order valence-electron chi connectivity index (χ0n) is 9.77. The Morgan fingerprint density at radius 2 is 2.25 bits per heavy atom. The molecule has 1 rings (SSSR count). The molecule has 1 aromatic rings. The van der Waals surface area contributed by atoms with Crippen molar-refractivity contribution in [2.24, 2.45) is 0 Å². The van der Waals surface area contributed by atoms with Gasteiger partial charge >= 0.3 is 5.97 Å². The van der Waals surface area contributed by atoms with Gasteiger partial charge in [0.1, 0.15) is 0 Å². The third kappa shape index (κ3) is 4.71. The molecule has 1 N–H and O–H groups in total. The first-order valence-corrected chi connectivity index (χ1v) is 6.55. The van der Waals surface area contributed by atoms with E-state index in [-0.39, 0.29) is 11.7 Å². The first-order valence-electron chi connectivity index (χ1n) is 5.50. The van der Waals surface area contributed by atoms with Crippen LogP contribution < -0.4 is 0 Å². The van der Waals surface area contributed by atoms with E-state index in [1.165, 1.54) is 11.1 Å². The summed E-state index contributed by atoms with van der Waals surface area (Å²) in [5, 5.41) is 8.96. The van der Waals surface area contributed by atoms with Crippen LogP contribution in [-0.4, -0.2) is 16.3 Å². The molecule has 0 amide bonds. The fourth-order valence-corrected chi connectivity index (χ4v) is 2.64. The molecule has 0 saturated carbocycles. The van der Waals surface area contributed by atoms with Crippen molar-refractivity contribution in [2.75, 3.05) is 0 Å². The molecule has 0 radical (unpaired) electrons. The van der Waals surface area contributed by atoms with Gasteiger partial charge in [0, 0.05) is 11.0 Å². The number of aliphatic carboxylic acids is 1. The average Bonchev–Trinajstić information content (AvgIpc) is 2.24. The standard InChI is InChI=1S/C13H18O2S/c1-3-12(8-13(14)15)16-9-11-6-4-5-10(2)7-11/h4-7,12H,3,8-9H2,1-2H3,(H,14,15). The molecule has 0 fully saturated rings. The van der Waals surface area contributed by atoms with E-state index in [2.05, 4.69) is 25.1 Å². The largest absolute Gasteiger partial charge is 0.481 e. The van der Waals surface area contributed by atoms with Crippen molar-refractivity contribution < 1.29 is 9.90 Å². The molecule has 1 atom stereocenters. The SMILES string of the molecule is CCC(CC(=O)O)SCc1cccc(C)c1. The second-order valence-electron chi connectivity index (χ2n) is 3.93. The summed E-state index contributed by atoms with van der Waals surface area (Å²) in [4.78, 5) is 10.6. The Labute approximate surface area is 101 Å². The number of aryl methyl sites for hydroxylation is 1. The smallest absolute Gasteiger partial charge is 0.304 e. The molecular weight excluding hydrogens is 220 g/mol. The first kappa shape index (κ1) is 13.1. The van der Waals surface area contributed by atoms with Gasteiger partial charge in [0.05, 0.1) is 6.42 Å². The van der Waals surface area contributed by atoms with Crippen LogP contribution in [0.25, 0.3) is 0 Å². The maximum atomic E-state index is 10.6. The molecule has 16 heavy (non-hydrogen) atoms. The van der Waals surface area contributed by atoms with E-state index in [9.17, 15) is 4.79 Å². The Hall–Kier alpha value is -0.960. The van der Waals surface area contributed by atoms with Crippen LogP contribution in [0.3, 0.4) is 0 Å². The van der Waals surface area contributed by atoms with E-state index in [1.54, 1.807) is 11.8 Å². The minimum Gasteiger partial charge on any atom is -0.481 e. The quantitative estimate of drug-likeness (QED) is 0.824. The van der Waals surface area contributed by atoms with Gasteiger partial charge in [-0.25, -0.2) is 0 Å². The van der Waals surface area contributed by atoms with Gasteiger partial charge in [-0.05, 0) is 18.9 Å². The number of hydrogen-bond donors (Lipinski definition) is 1. The zero-order chi connectivity index (χ0) is 12.0. The average molecular weight is 238 g/mol. The summed E-state index contributed by atoms with van der Waals surface area (Å²) >= 11 is 1.73. The van der Waals surface area contributed by atoms with Gasteiger partial charge in [0.15, 0.2) is 0 Å². The summed E-state index contributed by atoms with van der Waals surface area (Å²) in [7, 11) is 0. The maximum Gasteiger partial charge on any atom is 0.304 e. The fourth-order valence-electron chi connectivity index (χ4n) is 1.53. The Balaban J connectivity index is 2.46. The molecule has 3 heteroatoms. The lowest BCUT2D eigenvalue weighted by molar-refractivity contribution is -0.136. The van der Waals surface area contributed by atoms with Crippen molar-refractivity contribution >= 4 is 17.7 Å². The monoisotopic (exact) mass is 238 g/mol.